The molecule has 1 N–H and O–H groups in total. The lowest BCUT2D eigenvalue weighted by Crippen LogP contribution is -1.93. The molecule has 1 aliphatic rings. The predicted octanol–water partition coefficient (Wildman–Crippen LogP) is 2.73. The second-order valence-electron chi connectivity index (χ2n) is 4.94. The van der Waals surface area contributed by atoms with Gasteiger partial charge in [0.25, 0.3) is 0 Å². The van der Waals surface area contributed by atoms with Crippen molar-refractivity contribution in [3.8, 4) is 0 Å². The fourth-order valence-electron chi connectivity index (χ4n) is 2.64. The van der Waals surface area contributed by atoms with E-state index in [1.54, 1.807) is 0 Å². The van der Waals surface area contributed by atoms with Crippen LogP contribution in [0.3, 0.4) is 0 Å². The summed E-state index contributed by atoms with van der Waals surface area (Å²) in [5.41, 5.74) is 3.04. The zero-order valence-electron chi connectivity index (χ0n) is 9.12. The zero-order chi connectivity index (χ0) is 10.3. The van der Waals surface area contributed by atoms with Gasteiger partial charge in [0, 0.05) is 6.61 Å². The number of benzene rings is 1. The van der Waals surface area contributed by atoms with E-state index >= 15 is 0 Å². The standard InChI is InChI=1S/C13H18O/c1-9-6-4-5-7-10(9)12-11(8-14)13(12,2)3/h4-7,11-12,14H,8H2,1-3H3. The summed E-state index contributed by atoms with van der Waals surface area (Å²) in [7, 11) is 0. The number of hydrogen-bond donors (Lipinski definition) is 1. The molecule has 2 unspecified atom stereocenters. The molecule has 1 heteroatoms. The molecule has 76 valence electrons. The van der Waals surface area contributed by atoms with Crippen LogP contribution in [0.4, 0.5) is 0 Å². The smallest absolute Gasteiger partial charge is 0.0470 e. The summed E-state index contributed by atoms with van der Waals surface area (Å²) in [6.07, 6.45) is 0. The molecule has 0 spiro atoms. The summed E-state index contributed by atoms with van der Waals surface area (Å²) >= 11 is 0. The van der Waals surface area contributed by atoms with Crippen LogP contribution in [0.2, 0.25) is 0 Å². The van der Waals surface area contributed by atoms with Gasteiger partial charge in [-0.25, -0.2) is 0 Å². The van der Waals surface area contributed by atoms with E-state index in [9.17, 15) is 5.11 Å². The Kier molecular flexibility index (Phi) is 2.15. The van der Waals surface area contributed by atoms with E-state index in [2.05, 4.69) is 45.0 Å². The van der Waals surface area contributed by atoms with E-state index in [4.69, 9.17) is 0 Å². The van der Waals surface area contributed by atoms with E-state index < -0.39 is 0 Å². The molecule has 1 nitrogen and oxygen atoms in total. The normalized spacial score (nSPS) is 28.9. The topological polar surface area (TPSA) is 20.2 Å². The fraction of sp³-hybridized carbons (Fsp3) is 0.538. The summed E-state index contributed by atoms with van der Waals surface area (Å²) < 4.78 is 0. The van der Waals surface area contributed by atoms with Crippen molar-refractivity contribution in [2.45, 2.75) is 26.7 Å². The molecule has 0 aliphatic heterocycles. The Hall–Kier alpha value is -0.820. The van der Waals surface area contributed by atoms with Crippen molar-refractivity contribution < 1.29 is 5.11 Å². The maximum Gasteiger partial charge on any atom is 0.0470 e. The Balaban J connectivity index is 2.31. The van der Waals surface area contributed by atoms with Gasteiger partial charge in [0.1, 0.15) is 0 Å². The van der Waals surface area contributed by atoms with Gasteiger partial charge in [0.05, 0.1) is 0 Å². The average molecular weight is 190 g/mol. The second kappa shape index (κ2) is 3.09. The molecular formula is C13H18O. The van der Waals surface area contributed by atoms with E-state index in [1.165, 1.54) is 11.1 Å². The molecule has 0 aromatic heterocycles. The van der Waals surface area contributed by atoms with E-state index in [1.807, 2.05) is 0 Å². The molecule has 0 bridgehead atoms. The lowest BCUT2D eigenvalue weighted by Gasteiger charge is -2.06. The van der Waals surface area contributed by atoms with Crippen LogP contribution in [0.25, 0.3) is 0 Å². The van der Waals surface area contributed by atoms with Crippen molar-refractivity contribution in [1.82, 2.24) is 0 Å². The Morgan fingerprint density at radius 3 is 2.43 bits per heavy atom. The monoisotopic (exact) mass is 190 g/mol. The molecule has 0 saturated heterocycles. The van der Waals surface area contributed by atoms with Crippen molar-refractivity contribution in [2.24, 2.45) is 11.3 Å². The minimum Gasteiger partial charge on any atom is -0.396 e. The molecule has 14 heavy (non-hydrogen) atoms. The third-order valence-electron chi connectivity index (χ3n) is 3.77. The molecule has 1 aliphatic carbocycles. The number of hydrogen-bond acceptors (Lipinski definition) is 1. The third kappa shape index (κ3) is 1.27. The first-order chi connectivity index (χ1) is 6.59. The molecule has 1 saturated carbocycles. The van der Waals surface area contributed by atoms with Crippen molar-refractivity contribution in [1.29, 1.82) is 0 Å². The van der Waals surface area contributed by atoms with Gasteiger partial charge in [-0.05, 0) is 35.3 Å². The maximum absolute atomic E-state index is 9.26. The van der Waals surface area contributed by atoms with Crippen LogP contribution in [-0.4, -0.2) is 11.7 Å². The van der Waals surface area contributed by atoms with Crippen molar-refractivity contribution in [3.63, 3.8) is 0 Å². The van der Waals surface area contributed by atoms with Crippen LogP contribution in [0.5, 0.6) is 0 Å². The first kappa shape index (κ1) is 9.72. The molecule has 0 radical (unpaired) electrons. The van der Waals surface area contributed by atoms with Crippen LogP contribution in [0.1, 0.15) is 30.9 Å². The highest BCUT2D eigenvalue weighted by atomic mass is 16.3. The molecule has 0 heterocycles. The van der Waals surface area contributed by atoms with E-state index in [0.717, 1.165) is 0 Å². The SMILES string of the molecule is Cc1ccccc1C1C(CO)C1(C)C. The number of rotatable bonds is 2. The van der Waals surface area contributed by atoms with E-state index in [0.29, 0.717) is 18.4 Å². The lowest BCUT2D eigenvalue weighted by molar-refractivity contribution is 0.256. The van der Waals surface area contributed by atoms with Gasteiger partial charge in [0.2, 0.25) is 0 Å². The van der Waals surface area contributed by atoms with Crippen LogP contribution < -0.4 is 0 Å². The Labute approximate surface area is 85.8 Å². The van der Waals surface area contributed by atoms with Crippen molar-refractivity contribution >= 4 is 0 Å². The molecule has 0 amide bonds. The highest BCUT2D eigenvalue weighted by molar-refractivity contribution is 5.37. The largest absolute Gasteiger partial charge is 0.396 e. The Morgan fingerprint density at radius 2 is 1.93 bits per heavy atom. The van der Waals surface area contributed by atoms with Crippen molar-refractivity contribution in [2.75, 3.05) is 6.61 Å². The zero-order valence-corrected chi connectivity index (χ0v) is 9.12. The van der Waals surface area contributed by atoms with Gasteiger partial charge in [-0.2, -0.15) is 0 Å². The summed E-state index contributed by atoms with van der Waals surface area (Å²) in [5, 5.41) is 9.26. The predicted molar refractivity (Wildman–Crippen MR) is 58.3 cm³/mol. The lowest BCUT2D eigenvalue weighted by atomic mass is 9.99. The van der Waals surface area contributed by atoms with Crippen LogP contribution in [0, 0.1) is 18.3 Å². The van der Waals surface area contributed by atoms with Crippen molar-refractivity contribution in [3.05, 3.63) is 35.4 Å². The molecule has 1 aromatic rings. The highest BCUT2D eigenvalue weighted by Gasteiger charge is 2.57. The average Bonchev–Trinajstić information content (AvgIpc) is 2.69. The van der Waals surface area contributed by atoms with Crippen LogP contribution in [0.15, 0.2) is 24.3 Å². The third-order valence-corrected chi connectivity index (χ3v) is 3.77. The number of aliphatic hydroxyl groups excluding tert-OH is 1. The van der Waals surface area contributed by atoms with Gasteiger partial charge in [-0.15, -0.1) is 0 Å². The van der Waals surface area contributed by atoms with Crippen LogP contribution in [-0.2, 0) is 0 Å². The Bertz CT molecular complexity index is 341. The Morgan fingerprint density at radius 1 is 1.29 bits per heavy atom. The first-order valence-electron chi connectivity index (χ1n) is 5.25. The number of aliphatic hydroxyl groups is 1. The molecule has 1 fully saturated rings. The fourth-order valence-corrected chi connectivity index (χ4v) is 2.64. The molecule has 2 atom stereocenters. The van der Waals surface area contributed by atoms with Gasteiger partial charge < -0.3 is 5.11 Å². The summed E-state index contributed by atoms with van der Waals surface area (Å²) in [5.74, 6) is 0.997. The second-order valence-corrected chi connectivity index (χ2v) is 4.94. The van der Waals surface area contributed by atoms with Gasteiger partial charge in [-0.1, -0.05) is 38.1 Å². The quantitative estimate of drug-likeness (QED) is 0.760. The summed E-state index contributed by atoms with van der Waals surface area (Å²) in [6.45, 7) is 6.94. The summed E-state index contributed by atoms with van der Waals surface area (Å²) in [4.78, 5) is 0. The highest BCUT2D eigenvalue weighted by Crippen LogP contribution is 2.64. The van der Waals surface area contributed by atoms with Gasteiger partial charge in [-0.3, -0.25) is 0 Å². The summed E-state index contributed by atoms with van der Waals surface area (Å²) in [6, 6.07) is 8.50. The van der Waals surface area contributed by atoms with E-state index in [-0.39, 0.29) is 5.41 Å². The minimum atomic E-state index is 0.279. The molecular weight excluding hydrogens is 172 g/mol. The molecule has 1 aromatic carbocycles. The van der Waals surface area contributed by atoms with Gasteiger partial charge >= 0.3 is 0 Å². The van der Waals surface area contributed by atoms with Gasteiger partial charge in [0.15, 0.2) is 0 Å². The minimum absolute atomic E-state index is 0.279. The van der Waals surface area contributed by atoms with Crippen LogP contribution >= 0.6 is 0 Å². The molecule has 2 rings (SSSR count). The maximum atomic E-state index is 9.26. The number of aryl methyl sites for hydroxylation is 1. The first-order valence-corrected chi connectivity index (χ1v) is 5.25.